The van der Waals surface area contributed by atoms with E-state index in [9.17, 15) is 0 Å². The van der Waals surface area contributed by atoms with Crippen molar-refractivity contribution in [2.75, 3.05) is 26.2 Å². The normalized spacial score (nSPS) is 12.2. The fraction of sp³-hybridized carbons (Fsp3) is 0.583. The SMILES string of the molecule is CC(/C=C(/C)[N-]c1c(C(C)C)cccc1C(C)C)=NCCN(C(C)C)C(C)C.CC(/C=C(/C)[N-]c1c(C(C)C)cccc1C(C)C)=NCCN(C(C)C)C(C)C.CCCCCC.Cc1cccc(C)c1P=Pc1c(C)cccc1C.[S-2].[Sc].[Sc]. The number of allylic oxidation sites excluding steroid dienone is 4. The number of aliphatic imine (C=N–C) groups is 2. The minimum Gasteiger partial charge on any atom is -2.00 e. The Morgan fingerprint density at radius 2 is 0.675 bits per heavy atom. The van der Waals surface area contributed by atoms with Crippen molar-refractivity contribution in [3.63, 3.8) is 0 Å². The zero-order valence-electron chi connectivity index (χ0n) is 57.5. The van der Waals surface area contributed by atoms with Crippen LogP contribution in [0.2, 0.25) is 0 Å². The van der Waals surface area contributed by atoms with E-state index in [4.69, 9.17) is 20.6 Å². The van der Waals surface area contributed by atoms with Gasteiger partial charge in [-0.15, -0.1) is 11.4 Å². The summed E-state index contributed by atoms with van der Waals surface area (Å²) in [6.07, 6.45) is 9.75. The van der Waals surface area contributed by atoms with Crippen LogP contribution in [0, 0.1) is 27.7 Å². The predicted molar refractivity (Wildman–Crippen MR) is 375 cm³/mol. The first-order valence-corrected chi connectivity index (χ1v) is 33.2. The Hall–Kier alpha value is -2.09. The third kappa shape index (κ3) is 32.6. The van der Waals surface area contributed by atoms with Crippen LogP contribution in [0.25, 0.3) is 10.6 Å². The van der Waals surface area contributed by atoms with Gasteiger partial charge in [0, 0.05) is 111 Å². The summed E-state index contributed by atoms with van der Waals surface area (Å²) < 4.78 is 0. The van der Waals surface area contributed by atoms with Crippen LogP contribution in [-0.4, -0.2) is 71.6 Å². The van der Waals surface area contributed by atoms with Crippen molar-refractivity contribution in [2.45, 2.75) is 254 Å². The Bertz CT molecular complexity index is 2290. The van der Waals surface area contributed by atoms with Crippen LogP contribution in [0.15, 0.2) is 106 Å². The minimum absolute atomic E-state index is 0. The molecule has 0 saturated heterocycles. The third-order valence-electron chi connectivity index (χ3n) is 14.3. The molecule has 460 valence electrons. The Kier molecular flexibility index (Phi) is 47.3. The van der Waals surface area contributed by atoms with Crippen molar-refractivity contribution in [3.05, 3.63) is 151 Å². The molecule has 4 aromatic rings. The summed E-state index contributed by atoms with van der Waals surface area (Å²) in [6, 6.07) is 28.4. The molecule has 11 heteroatoms. The van der Waals surface area contributed by atoms with Crippen LogP contribution >= 0.6 is 15.7 Å². The average Bonchev–Trinajstić information content (AvgIpc) is 3.36. The van der Waals surface area contributed by atoms with Crippen molar-refractivity contribution >= 4 is 62.6 Å². The van der Waals surface area contributed by atoms with Crippen molar-refractivity contribution in [1.82, 2.24) is 9.80 Å². The third-order valence-corrected chi connectivity index (χ3v) is 17.7. The van der Waals surface area contributed by atoms with Gasteiger partial charge in [0.15, 0.2) is 0 Å². The summed E-state index contributed by atoms with van der Waals surface area (Å²) in [5.41, 5.74) is 17.3. The van der Waals surface area contributed by atoms with Crippen LogP contribution < -0.4 is 10.6 Å². The van der Waals surface area contributed by atoms with Crippen LogP contribution in [0.3, 0.4) is 0 Å². The summed E-state index contributed by atoms with van der Waals surface area (Å²) in [7, 11) is 2.77. The molecule has 0 aromatic heterocycles. The quantitative estimate of drug-likeness (QED) is 0.0377. The van der Waals surface area contributed by atoms with Gasteiger partial charge < -0.3 is 24.1 Å². The van der Waals surface area contributed by atoms with Crippen LogP contribution in [0.5, 0.6) is 0 Å². The summed E-state index contributed by atoms with van der Waals surface area (Å²) in [5.74, 6) is 1.83. The predicted octanol–water partition coefficient (Wildman–Crippen LogP) is 22.1. The molecule has 4 aromatic carbocycles. The molecule has 0 atom stereocenters. The molecule has 0 amide bonds. The Labute approximate surface area is 560 Å². The van der Waals surface area contributed by atoms with Crippen molar-refractivity contribution in [1.29, 1.82) is 0 Å². The number of para-hydroxylation sites is 2. The van der Waals surface area contributed by atoms with Gasteiger partial charge in [-0.1, -0.05) is 216 Å². The molecular formula is C72H116N6P2SSc2-4. The van der Waals surface area contributed by atoms with E-state index in [-0.39, 0.29) is 65.2 Å². The van der Waals surface area contributed by atoms with Crippen LogP contribution in [-0.2, 0) is 65.2 Å². The largest absolute Gasteiger partial charge is 2.00 e. The summed E-state index contributed by atoms with van der Waals surface area (Å²) in [6.45, 7) is 61.1. The molecule has 0 bridgehead atoms. The fourth-order valence-electron chi connectivity index (χ4n) is 9.83. The molecule has 4 rings (SSSR count). The topological polar surface area (TPSA) is 59.4 Å². The Morgan fingerprint density at radius 1 is 0.434 bits per heavy atom. The second-order valence-electron chi connectivity index (χ2n) is 24.3. The maximum Gasteiger partial charge on any atom is 0.0520 e. The molecule has 83 heavy (non-hydrogen) atoms. The van der Waals surface area contributed by atoms with Crippen molar-refractivity contribution in [3.8, 4) is 0 Å². The van der Waals surface area contributed by atoms with E-state index in [2.05, 4.69) is 275 Å². The minimum atomic E-state index is 0. The van der Waals surface area contributed by atoms with Gasteiger partial charge in [-0.25, -0.2) is 0 Å². The molecule has 2 radical (unpaired) electrons. The first kappa shape index (κ1) is 85.1. The molecule has 0 aliphatic rings. The number of hydrogen-bond acceptors (Lipinski definition) is 4. The van der Waals surface area contributed by atoms with E-state index in [1.807, 2.05) is 0 Å². The monoisotopic (exact) mass is 1250 g/mol. The Balaban J connectivity index is -0.00000110. The molecule has 0 unspecified atom stereocenters. The second kappa shape index (κ2) is 46.1. The van der Waals surface area contributed by atoms with E-state index >= 15 is 0 Å². The van der Waals surface area contributed by atoms with E-state index in [1.165, 1.54) is 96.5 Å². The summed E-state index contributed by atoms with van der Waals surface area (Å²) >= 11 is 0. The standard InChI is InChI=1S/2C25H42N3.C16H18P2.C6H14.S.2Sc/c2*1-17(2)23-12-11-13-24(18(3)4)25(23)27-22(10)16-21(9)26-14-15-28(19(5)6)20(7)8;1-11-7-5-8-12(2)15(11)17-18-16-13(3)9-6-10-14(16)4;1-3-5-6-4-2;;;/h2*11-13,16-20H,14-15H2,1-10H3;5-10H,1-4H3;3-6H2,1-2H3;;;/q2*-1;;;-2;;/b2*22-16-,26-21?;;;;;. The number of rotatable bonds is 25. The van der Waals surface area contributed by atoms with Gasteiger partial charge in [0.05, 0.1) is 13.1 Å². The van der Waals surface area contributed by atoms with Crippen LogP contribution in [0.4, 0.5) is 11.4 Å². The molecular weight excluding hydrogens is 1130 g/mol. The van der Waals surface area contributed by atoms with E-state index < -0.39 is 0 Å². The van der Waals surface area contributed by atoms with E-state index in [1.54, 1.807) is 0 Å². The van der Waals surface area contributed by atoms with E-state index in [0.717, 1.165) is 60.4 Å². The van der Waals surface area contributed by atoms with Gasteiger partial charge in [-0.05, 0) is 159 Å². The van der Waals surface area contributed by atoms with E-state index in [0.29, 0.717) is 47.8 Å². The summed E-state index contributed by atoms with van der Waals surface area (Å²) in [5, 5.41) is 13.0. The maximum absolute atomic E-state index is 5.01. The maximum atomic E-state index is 5.01. The number of hydrogen-bond donors (Lipinski definition) is 0. The molecule has 0 fully saturated rings. The number of nitrogens with zero attached hydrogens (tertiary/aromatic N) is 6. The smallest absolute Gasteiger partial charge is 0.0520 e. The number of aryl methyl sites for hydroxylation is 4. The molecule has 0 aliphatic heterocycles. The summed E-state index contributed by atoms with van der Waals surface area (Å²) in [4.78, 5) is 14.5. The van der Waals surface area contributed by atoms with Crippen molar-refractivity contribution < 1.29 is 51.7 Å². The van der Waals surface area contributed by atoms with Gasteiger partial charge in [0.2, 0.25) is 0 Å². The average molecular weight is 1250 g/mol. The second-order valence-corrected chi connectivity index (χ2v) is 26.8. The van der Waals surface area contributed by atoms with Gasteiger partial charge in [0.1, 0.15) is 0 Å². The van der Waals surface area contributed by atoms with Gasteiger partial charge in [-0.2, -0.15) is 11.4 Å². The fourth-order valence-corrected chi connectivity index (χ4v) is 13.5. The zero-order valence-corrected chi connectivity index (χ0v) is 63.7. The molecule has 0 saturated carbocycles. The first-order chi connectivity index (χ1) is 37.6. The molecule has 6 nitrogen and oxygen atoms in total. The molecule has 0 aliphatic carbocycles. The number of benzene rings is 4. The van der Waals surface area contributed by atoms with Gasteiger partial charge in [0.25, 0.3) is 0 Å². The first-order valence-electron chi connectivity index (χ1n) is 30.7. The van der Waals surface area contributed by atoms with Gasteiger partial charge in [-0.3, -0.25) is 19.8 Å². The Morgan fingerprint density at radius 3 is 0.892 bits per heavy atom. The van der Waals surface area contributed by atoms with Gasteiger partial charge >= 0.3 is 0 Å². The number of unbranched alkanes of at least 4 members (excludes halogenated alkanes) is 3. The zero-order chi connectivity index (χ0) is 60.8. The van der Waals surface area contributed by atoms with Crippen LogP contribution in [0.1, 0.15) is 246 Å². The molecule has 0 N–H and O–H groups in total. The van der Waals surface area contributed by atoms with Crippen molar-refractivity contribution in [2.24, 2.45) is 9.98 Å². The molecule has 0 spiro atoms. The molecule has 0 heterocycles.